The monoisotopic (exact) mass is 354 g/mol. The number of hydrogen-bond acceptors (Lipinski definition) is 3. The third-order valence-corrected chi connectivity index (χ3v) is 5.12. The molecule has 2 amide bonds. The van der Waals surface area contributed by atoms with Crippen molar-refractivity contribution in [2.75, 3.05) is 22.5 Å². The number of amides is 2. The molecule has 0 saturated heterocycles. The van der Waals surface area contributed by atoms with Gasteiger partial charge >= 0.3 is 0 Å². The molecule has 2 aromatic rings. The molecule has 0 spiro atoms. The Bertz CT molecular complexity index is 776. The number of thioether (sulfide) groups is 1. The summed E-state index contributed by atoms with van der Waals surface area (Å²) in [6.07, 6.45) is 2.27. The number of hydrogen-bond donors (Lipinski definition) is 1. The first kappa shape index (κ1) is 17.5. The summed E-state index contributed by atoms with van der Waals surface area (Å²) in [6.45, 7) is 2.74. The van der Waals surface area contributed by atoms with Gasteiger partial charge in [0.1, 0.15) is 0 Å². The molecule has 25 heavy (non-hydrogen) atoms. The van der Waals surface area contributed by atoms with Gasteiger partial charge < -0.3 is 10.2 Å². The standard InChI is InChI=1S/C20H22N2O2S/c1-2-6-19(23)21-16-8-5-9-17(13-16)25-14-20(24)22-12-11-15-7-3-4-10-18(15)22/h3-5,7-10,13H,2,6,11-12,14H2,1H3,(H,21,23). The maximum atomic E-state index is 12.6. The van der Waals surface area contributed by atoms with Gasteiger partial charge in [-0.3, -0.25) is 9.59 Å². The molecule has 0 aromatic heterocycles. The Balaban J connectivity index is 1.59. The lowest BCUT2D eigenvalue weighted by Crippen LogP contribution is -2.30. The van der Waals surface area contributed by atoms with Gasteiger partial charge in [-0.1, -0.05) is 31.2 Å². The van der Waals surface area contributed by atoms with Crippen molar-refractivity contribution >= 4 is 35.0 Å². The number of benzene rings is 2. The van der Waals surface area contributed by atoms with Gasteiger partial charge in [-0.15, -0.1) is 11.8 Å². The minimum Gasteiger partial charge on any atom is -0.326 e. The molecule has 0 atom stereocenters. The number of fused-ring (bicyclic) bond motifs is 1. The van der Waals surface area contributed by atoms with Crippen LogP contribution < -0.4 is 10.2 Å². The van der Waals surface area contributed by atoms with E-state index >= 15 is 0 Å². The van der Waals surface area contributed by atoms with Crippen LogP contribution in [0.2, 0.25) is 0 Å². The normalized spacial score (nSPS) is 12.8. The minimum atomic E-state index is 0.0226. The summed E-state index contributed by atoms with van der Waals surface area (Å²) in [5, 5.41) is 2.89. The van der Waals surface area contributed by atoms with Crippen molar-refractivity contribution in [3.8, 4) is 0 Å². The summed E-state index contributed by atoms with van der Waals surface area (Å²) < 4.78 is 0. The molecule has 0 fully saturated rings. The van der Waals surface area contributed by atoms with Crippen molar-refractivity contribution in [1.82, 2.24) is 0 Å². The van der Waals surface area contributed by atoms with Crippen LogP contribution in [0.3, 0.4) is 0 Å². The van der Waals surface area contributed by atoms with E-state index in [1.165, 1.54) is 17.3 Å². The van der Waals surface area contributed by atoms with Crippen LogP contribution in [0.4, 0.5) is 11.4 Å². The molecule has 1 aliphatic heterocycles. The topological polar surface area (TPSA) is 49.4 Å². The first-order valence-electron chi connectivity index (χ1n) is 8.58. The van der Waals surface area contributed by atoms with Crippen LogP contribution in [0.15, 0.2) is 53.4 Å². The van der Waals surface area contributed by atoms with Crippen LogP contribution >= 0.6 is 11.8 Å². The number of anilines is 2. The highest BCUT2D eigenvalue weighted by molar-refractivity contribution is 8.00. The van der Waals surface area contributed by atoms with Gasteiger partial charge in [0.25, 0.3) is 0 Å². The van der Waals surface area contributed by atoms with Gasteiger partial charge in [0.15, 0.2) is 0 Å². The second-order valence-corrected chi connectivity index (χ2v) is 7.09. The van der Waals surface area contributed by atoms with Crippen molar-refractivity contribution in [3.63, 3.8) is 0 Å². The first-order chi connectivity index (χ1) is 12.2. The first-order valence-corrected chi connectivity index (χ1v) is 9.57. The zero-order chi connectivity index (χ0) is 17.6. The third kappa shape index (κ3) is 4.42. The van der Waals surface area contributed by atoms with E-state index in [1.54, 1.807) is 0 Å². The van der Waals surface area contributed by atoms with E-state index in [2.05, 4.69) is 11.4 Å². The molecule has 130 valence electrons. The van der Waals surface area contributed by atoms with E-state index in [0.717, 1.165) is 35.7 Å². The van der Waals surface area contributed by atoms with Gasteiger partial charge in [0.2, 0.25) is 11.8 Å². The SMILES string of the molecule is CCCC(=O)Nc1cccc(SCC(=O)N2CCc3ccccc32)c1. The fourth-order valence-electron chi connectivity index (χ4n) is 2.93. The third-order valence-electron chi connectivity index (χ3n) is 4.15. The minimum absolute atomic E-state index is 0.0226. The Morgan fingerprint density at radius 1 is 1.16 bits per heavy atom. The van der Waals surface area contributed by atoms with E-state index in [4.69, 9.17) is 0 Å². The highest BCUT2D eigenvalue weighted by Gasteiger charge is 2.23. The van der Waals surface area contributed by atoms with Crippen LogP contribution in [-0.2, 0) is 16.0 Å². The molecule has 5 heteroatoms. The Morgan fingerprint density at radius 2 is 2.00 bits per heavy atom. The van der Waals surface area contributed by atoms with E-state index in [-0.39, 0.29) is 11.8 Å². The molecule has 1 N–H and O–H groups in total. The molecule has 0 saturated carbocycles. The average molecular weight is 354 g/mol. The number of nitrogens with one attached hydrogen (secondary N) is 1. The molecule has 3 rings (SSSR count). The zero-order valence-corrected chi connectivity index (χ0v) is 15.1. The summed E-state index contributed by atoms with van der Waals surface area (Å²) in [6, 6.07) is 15.7. The predicted octanol–water partition coefficient (Wildman–Crippen LogP) is 4.11. The number of nitrogens with zero attached hydrogens (tertiary/aromatic N) is 1. The number of carbonyl (C=O) groups is 2. The summed E-state index contributed by atoms with van der Waals surface area (Å²) in [5.74, 6) is 0.533. The van der Waals surface area contributed by atoms with Gasteiger partial charge in [-0.05, 0) is 42.7 Å². The van der Waals surface area contributed by atoms with E-state index in [0.29, 0.717) is 12.2 Å². The molecular formula is C20H22N2O2S. The van der Waals surface area contributed by atoms with Crippen LogP contribution in [0.25, 0.3) is 0 Å². The largest absolute Gasteiger partial charge is 0.326 e. The fourth-order valence-corrected chi connectivity index (χ4v) is 3.77. The molecule has 2 aromatic carbocycles. The fraction of sp³-hybridized carbons (Fsp3) is 0.300. The molecular weight excluding hydrogens is 332 g/mol. The number of para-hydroxylation sites is 1. The predicted molar refractivity (Wildman–Crippen MR) is 103 cm³/mol. The average Bonchev–Trinajstić information content (AvgIpc) is 3.04. The quantitative estimate of drug-likeness (QED) is 0.794. The lowest BCUT2D eigenvalue weighted by atomic mass is 10.2. The van der Waals surface area contributed by atoms with Crippen molar-refractivity contribution in [3.05, 3.63) is 54.1 Å². The van der Waals surface area contributed by atoms with Crippen molar-refractivity contribution in [2.24, 2.45) is 0 Å². The lowest BCUT2D eigenvalue weighted by Gasteiger charge is -2.17. The molecule has 0 bridgehead atoms. The van der Waals surface area contributed by atoms with Crippen LogP contribution in [0.5, 0.6) is 0 Å². The molecule has 1 aliphatic rings. The Kier molecular flexibility index (Phi) is 5.76. The molecule has 0 radical (unpaired) electrons. The van der Waals surface area contributed by atoms with Crippen molar-refractivity contribution < 1.29 is 9.59 Å². The van der Waals surface area contributed by atoms with Crippen LogP contribution in [-0.4, -0.2) is 24.1 Å². The Hall–Kier alpha value is -2.27. The smallest absolute Gasteiger partial charge is 0.237 e. The Morgan fingerprint density at radius 3 is 2.84 bits per heavy atom. The lowest BCUT2D eigenvalue weighted by molar-refractivity contribution is -0.117. The molecule has 0 aliphatic carbocycles. The summed E-state index contributed by atoms with van der Waals surface area (Å²) >= 11 is 1.50. The van der Waals surface area contributed by atoms with E-state index in [9.17, 15) is 9.59 Å². The van der Waals surface area contributed by atoms with E-state index < -0.39 is 0 Å². The highest BCUT2D eigenvalue weighted by Crippen LogP contribution is 2.29. The molecule has 0 unspecified atom stereocenters. The van der Waals surface area contributed by atoms with Gasteiger partial charge in [0.05, 0.1) is 5.75 Å². The van der Waals surface area contributed by atoms with Gasteiger partial charge in [0, 0.05) is 29.2 Å². The van der Waals surface area contributed by atoms with Crippen molar-refractivity contribution in [1.29, 1.82) is 0 Å². The van der Waals surface area contributed by atoms with E-state index in [1.807, 2.05) is 54.3 Å². The highest BCUT2D eigenvalue weighted by atomic mass is 32.2. The summed E-state index contributed by atoms with van der Waals surface area (Å²) in [4.78, 5) is 27.1. The maximum Gasteiger partial charge on any atom is 0.237 e. The zero-order valence-electron chi connectivity index (χ0n) is 14.3. The van der Waals surface area contributed by atoms with Gasteiger partial charge in [-0.2, -0.15) is 0 Å². The van der Waals surface area contributed by atoms with Crippen LogP contribution in [0.1, 0.15) is 25.3 Å². The van der Waals surface area contributed by atoms with Crippen molar-refractivity contribution in [2.45, 2.75) is 31.1 Å². The second kappa shape index (κ2) is 8.21. The molecule has 4 nitrogen and oxygen atoms in total. The maximum absolute atomic E-state index is 12.6. The summed E-state index contributed by atoms with van der Waals surface area (Å²) in [5.41, 5.74) is 3.05. The number of carbonyl (C=O) groups excluding carboxylic acids is 2. The second-order valence-electron chi connectivity index (χ2n) is 6.04. The molecule has 1 heterocycles. The summed E-state index contributed by atoms with van der Waals surface area (Å²) in [7, 11) is 0. The van der Waals surface area contributed by atoms with Crippen LogP contribution in [0, 0.1) is 0 Å². The van der Waals surface area contributed by atoms with Gasteiger partial charge in [-0.25, -0.2) is 0 Å². The number of rotatable bonds is 6. The Labute approximate surface area is 152 Å².